The van der Waals surface area contributed by atoms with Gasteiger partial charge in [0.1, 0.15) is 5.82 Å². The van der Waals surface area contributed by atoms with Crippen LogP contribution in [0.3, 0.4) is 0 Å². The van der Waals surface area contributed by atoms with E-state index < -0.39 is 0 Å². The summed E-state index contributed by atoms with van der Waals surface area (Å²) in [5.74, 6) is 2.29. The van der Waals surface area contributed by atoms with Crippen LogP contribution < -0.4 is 0 Å². The highest BCUT2D eigenvalue weighted by Gasteiger charge is 2.34. The van der Waals surface area contributed by atoms with Crippen molar-refractivity contribution < 1.29 is 9.90 Å². The summed E-state index contributed by atoms with van der Waals surface area (Å²) in [6.07, 6.45) is 1.18. The summed E-state index contributed by atoms with van der Waals surface area (Å²) in [6, 6.07) is 4.09. The summed E-state index contributed by atoms with van der Waals surface area (Å²) in [6.45, 7) is 6.15. The highest BCUT2D eigenvalue weighted by atomic mass is 32.1. The van der Waals surface area contributed by atoms with Crippen molar-refractivity contribution >= 4 is 17.2 Å². The number of likely N-dealkylation sites (tertiary alicyclic amines) is 1. The van der Waals surface area contributed by atoms with Crippen LogP contribution >= 0.6 is 11.3 Å². The number of aliphatic hydroxyl groups excluding tert-OH is 1. The number of hydrogen-bond acceptors (Lipinski definition) is 5. The van der Waals surface area contributed by atoms with E-state index in [1.54, 1.807) is 16.0 Å². The molecule has 1 saturated heterocycles. The summed E-state index contributed by atoms with van der Waals surface area (Å²) in [7, 11) is 0. The molecule has 2 aromatic rings. The molecule has 0 radical (unpaired) electrons. The van der Waals surface area contributed by atoms with Gasteiger partial charge in [0.05, 0.1) is 13.2 Å². The fraction of sp³-hybridized carbons (Fsp3) is 0.588. The second-order valence-electron chi connectivity index (χ2n) is 6.68. The second-order valence-corrected chi connectivity index (χ2v) is 7.71. The average Bonchev–Trinajstić information content (AvgIpc) is 3.22. The Morgan fingerprint density at radius 1 is 1.46 bits per heavy atom. The van der Waals surface area contributed by atoms with E-state index >= 15 is 0 Å². The predicted molar refractivity (Wildman–Crippen MR) is 93.0 cm³/mol. The van der Waals surface area contributed by atoms with Crippen molar-refractivity contribution in [1.29, 1.82) is 0 Å². The van der Waals surface area contributed by atoms with Gasteiger partial charge in [0, 0.05) is 36.7 Å². The van der Waals surface area contributed by atoms with Crippen molar-refractivity contribution in [2.24, 2.45) is 5.92 Å². The van der Waals surface area contributed by atoms with Crippen molar-refractivity contribution in [1.82, 2.24) is 19.7 Å². The maximum Gasteiger partial charge on any atom is 0.223 e. The fourth-order valence-corrected chi connectivity index (χ4v) is 3.87. The largest absolute Gasteiger partial charge is 0.394 e. The summed E-state index contributed by atoms with van der Waals surface area (Å²) >= 11 is 1.69. The Kier molecular flexibility index (Phi) is 5.30. The normalized spacial score (nSPS) is 18.1. The van der Waals surface area contributed by atoms with Crippen LogP contribution in [0.2, 0.25) is 0 Å². The van der Waals surface area contributed by atoms with Crippen molar-refractivity contribution in [2.45, 2.75) is 39.2 Å². The molecule has 130 valence electrons. The molecule has 0 aliphatic carbocycles. The number of carbonyl (C=O) groups is 1. The van der Waals surface area contributed by atoms with E-state index in [4.69, 9.17) is 4.98 Å². The molecule has 0 saturated carbocycles. The molecule has 1 fully saturated rings. The lowest BCUT2D eigenvalue weighted by molar-refractivity contribution is -0.128. The molecule has 7 heteroatoms. The number of nitrogens with zero attached hydrogens (tertiary/aromatic N) is 4. The lowest BCUT2D eigenvalue weighted by Crippen LogP contribution is -2.29. The Morgan fingerprint density at radius 3 is 2.96 bits per heavy atom. The zero-order valence-electron chi connectivity index (χ0n) is 14.2. The van der Waals surface area contributed by atoms with Gasteiger partial charge in [0.2, 0.25) is 5.91 Å². The van der Waals surface area contributed by atoms with Crippen LogP contribution in [0.1, 0.15) is 42.7 Å². The third-order valence-corrected chi connectivity index (χ3v) is 5.01. The molecule has 0 bridgehead atoms. The smallest absolute Gasteiger partial charge is 0.223 e. The van der Waals surface area contributed by atoms with E-state index in [0.29, 0.717) is 31.8 Å². The number of carbonyl (C=O) groups excluding carboxylic acids is 1. The first-order valence-corrected chi connectivity index (χ1v) is 9.29. The molecule has 1 N–H and O–H groups in total. The molecule has 1 aliphatic heterocycles. The van der Waals surface area contributed by atoms with Crippen molar-refractivity contribution in [3.63, 3.8) is 0 Å². The Morgan fingerprint density at radius 2 is 2.29 bits per heavy atom. The summed E-state index contributed by atoms with van der Waals surface area (Å²) in [4.78, 5) is 20.1. The van der Waals surface area contributed by atoms with Crippen LogP contribution in [-0.2, 0) is 17.8 Å². The number of thiophene rings is 1. The summed E-state index contributed by atoms with van der Waals surface area (Å²) in [5.41, 5.74) is 0. The fourth-order valence-electron chi connectivity index (χ4n) is 3.17. The molecule has 3 rings (SSSR count). The highest BCUT2D eigenvalue weighted by Crippen LogP contribution is 2.28. The minimum atomic E-state index is 0.0190. The Labute approximate surface area is 146 Å². The minimum absolute atomic E-state index is 0.0190. The number of aromatic nitrogens is 3. The minimum Gasteiger partial charge on any atom is -0.394 e. The molecule has 24 heavy (non-hydrogen) atoms. The Hall–Kier alpha value is -1.73. The van der Waals surface area contributed by atoms with Crippen LogP contribution in [0.25, 0.3) is 0 Å². The third-order valence-electron chi connectivity index (χ3n) is 4.13. The Bertz CT molecular complexity index is 681. The van der Waals surface area contributed by atoms with Crippen molar-refractivity contribution in [3.05, 3.63) is 34.0 Å². The van der Waals surface area contributed by atoms with Gasteiger partial charge in [0.15, 0.2) is 5.82 Å². The third kappa shape index (κ3) is 3.84. The lowest BCUT2D eigenvalue weighted by atomic mass is 10.1. The first kappa shape index (κ1) is 17.1. The standard InChI is InChI=1S/C17H24N4O2S/c1-12(2)10-20-11-13(8-16(20)23)17-18-15(19-21(17)5-6-22)9-14-4-3-7-24-14/h3-4,7,12-13,22H,5-6,8-11H2,1-2H3. The van der Waals surface area contributed by atoms with E-state index in [1.807, 2.05) is 16.3 Å². The highest BCUT2D eigenvalue weighted by molar-refractivity contribution is 7.09. The zero-order chi connectivity index (χ0) is 17.1. The molecule has 0 spiro atoms. The van der Waals surface area contributed by atoms with Crippen LogP contribution in [0.5, 0.6) is 0 Å². The van der Waals surface area contributed by atoms with E-state index in [0.717, 1.165) is 18.2 Å². The number of amides is 1. The van der Waals surface area contributed by atoms with Gasteiger partial charge in [-0.3, -0.25) is 4.79 Å². The van der Waals surface area contributed by atoms with Gasteiger partial charge in [0.25, 0.3) is 0 Å². The summed E-state index contributed by atoms with van der Waals surface area (Å²) < 4.78 is 1.78. The number of rotatable bonds is 7. The lowest BCUT2D eigenvalue weighted by Gasteiger charge is -2.18. The van der Waals surface area contributed by atoms with Gasteiger partial charge in [-0.1, -0.05) is 19.9 Å². The zero-order valence-corrected chi connectivity index (χ0v) is 15.0. The van der Waals surface area contributed by atoms with Gasteiger partial charge in [-0.2, -0.15) is 5.10 Å². The second kappa shape index (κ2) is 7.44. The monoisotopic (exact) mass is 348 g/mol. The topological polar surface area (TPSA) is 71.2 Å². The quantitative estimate of drug-likeness (QED) is 0.829. The average molecular weight is 348 g/mol. The van der Waals surface area contributed by atoms with Gasteiger partial charge in [-0.15, -0.1) is 11.3 Å². The first-order chi connectivity index (χ1) is 11.6. The molecular formula is C17H24N4O2S. The van der Waals surface area contributed by atoms with Crippen LogP contribution in [-0.4, -0.2) is 50.4 Å². The molecule has 6 nitrogen and oxygen atoms in total. The molecule has 1 atom stereocenters. The number of aliphatic hydroxyl groups is 1. The van der Waals surface area contributed by atoms with Crippen LogP contribution in [0.15, 0.2) is 17.5 Å². The SMILES string of the molecule is CC(C)CN1CC(c2nc(Cc3cccs3)nn2CCO)CC1=O. The van der Waals surface area contributed by atoms with Gasteiger partial charge in [-0.05, 0) is 17.4 Å². The maximum absolute atomic E-state index is 12.2. The van der Waals surface area contributed by atoms with Crippen LogP contribution in [0, 0.1) is 5.92 Å². The maximum atomic E-state index is 12.2. The van der Waals surface area contributed by atoms with Gasteiger partial charge >= 0.3 is 0 Å². The van der Waals surface area contributed by atoms with Crippen molar-refractivity contribution in [3.8, 4) is 0 Å². The van der Waals surface area contributed by atoms with Gasteiger partial charge < -0.3 is 10.0 Å². The first-order valence-electron chi connectivity index (χ1n) is 8.41. The van der Waals surface area contributed by atoms with E-state index in [1.165, 1.54) is 4.88 Å². The summed E-state index contributed by atoms with van der Waals surface area (Å²) in [5, 5.41) is 15.9. The van der Waals surface area contributed by atoms with Crippen LogP contribution in [0.4, 0.5) is 0 Å². The molecule has 1 unspecified atom stereocenters. The van der Waals surface area contributed by atoms with Crippen molar-refractivity contribution in [2.75, 3.05) is 19.7 Å². The molecular weight excluding hydrogens is 324 g/mol. The number of hydrogen-bond donors (Lipinski definition) is 1. The molecule has 1 aliphatic rings. The predicted octanol–water partition coefficient (Wildman–Crippen LogP) is 1.89. The van der Waals surface area contributed by atoms with E-state index in [2.05, 4.69) is 25.0 Å². The molecule has 0 aromatic carbocycles. The van der Waals surface area contributed by atoms with E-state index in [9.17, 15) is 9.90 Å². The van der Waals surface area contributed by atoms with E-state index in [-0.39, 0.29) is 18.4 Å². The van der Waals surface area contributed by atoms with Gasteiger partial charge in [-0.25, -0.2) is 9.67 Å². The Balaban J connectivity index is 1.78. The molecule has 3 heterocycles. The molecule has 1 amide bonds. The molecule has 2 aromatic heterocycles.